The molecule has 0 saturated carbocycles. The van der Waals surface area contributed by atoms with E-state index in [9.17, 15) is 14.3 Å². The van der Waals surface area contributed by atoms with E-state index in [2.05, 4.69) is 9.97 Å². The summed E-state index contributed by atoms with van der Waals surface area (Å²) in [5, 5.41) is 9.64. The SMILES string of the molecule is CC(C)(c1ccc(F)cc1)c1nc(O)c(I)c(=O)[nH]1. The average molecular weight is 374 g/mol. The number of hydrogen-bond acceptors (Lipinski definition) is 3. The lowest BCUT2D eigenvalue weighted by Crippen LogP contribution is -2.27. The molecule has 1 aromatic carbocycles. The van der Waals surface area contributed by atoms with E-state index in [0.29, 0.717) is 5.82 Å². The Hall–Kier alpha value is -1.44. The summed E-state index contributed by atoms with van der Waals surface area (Å²) in [6, 6.07) is 5.96. The summed E-state index contributed by atoms with van der Waals surface area (Å²) in [6.07, 6.45) is 0. The van der Waals surface area contributed by atoms with Crippen molar-refractivity contribution in [1.29, 1.82) is 0 Å². The largest absolute Gasteiger partial charge is 0.492 e. The number of halogens is 2. The van der Waals surface area contributed by atoms with Crippen LogP contribution in [0, 0.1) is 9.39 Å². The van der Waals surface area contributed by atoms with Crippen LogP contribution in [0.2, 0.25) is 0 Å². The van der Waals surface area contributed by atoms with Crippen molar-refractivity contribution < 1.29 is 9.50 Å². The lowest BCUT2D eigenvalue weighted by Gasteiger charge is -2.24. The Morgan fingerprint density at radius 2 is 1.89 bits per heavy atom. The molecule has 0 atom stereocenters. The number of hydrogen-bond donors (Lipinski definition) is 2. The molecule has 0 amide bonds. The molecule has 1 aromatic heterocycles. The third-order valence-corrected chi connectivity index (χ3v) is 3.98. The molecule has 0 radical (unpaired) electrons. The van der Waals surface area contributed by atoms with Gasteiger partial charge in [-0.15, -0.1) is 0 Å². The lowest BCUT2D eigenvalue weighted by atomic mass is 9.84. The Balaban J connectivity index is 2.56. The minimum Gasteiger partial charge on any atom is -0.492 e. The average Bonchev–Trinajstić information content (AvgIpc) is 2.35. The summed E-state index contributed by atoms with van der Waals surface area (Å²) in [5.41, 5.74) is -0.245. The van der Waals surface area contributed by atoms with Gasteiger partial charge in [-0.3, -0.25) is 4.79 Å². The van der Waals surface area contributed by atoms with Gasteiger partial charge in [0.05, 0.1) is 0 Å². The van der Waals surface area contributed by atoms with E-state index in [1.807, 2.05) is 13.8 Å². The molecule has 0 bridgehead atoms. The molecule has 0 saturated heterocycles. The normalized spacial score (nSPS) is 11.6. The van der Waals surface area contributed by atoms with Gasteiger partial charge in [-0.2, -0.15) is 4.98 Å². The Morgan fingerprint density at radius 3 is 2.42 bits per heavy atom. The Kier molecular flexibility index (Phi) is 3.62. The third kappa shape index (κ3) is 2.63. The fourth-order valence-electron chi connectivity index (χ4n) is 1.75. The number of H-pyrrole nitrogens is 1. The number of aromatic amines is 1. The molecule has 100 valence electrons. The van der Waals surface area contributed by atoms with E-state index >= 15 is 0 Å². The molecular weight excluding hydrogens is 362 g/mol. The molecule has 0 fully saturated rings. The van der Waals surface area contributed by atoms with Gasteiger partial charge in [0.1, 0.15) is 15.2 Å². The van der Waals surface area contributed by atoms with Crippen molar-refractivity contribution in [2.75, 3.05) is 0 Å². The van der Waals surface area contributed by atoms with Gasteiger partial charge >= 0.3 is 0 Å². The minimum atomic E-state index is -0.644. The minimum absolute atomic E-state index is 0.149. The quantitative estimate of drug-likeness (QED) is 0.795. The van der Waals surface area contributed by atoms with Crippen molar-refractivity contribution in [3.05, 3.63) is 55.4 Å². The number of benzene rings is 1. The van der Waals surface area contributed by atoms with Crippen molar-refractivity contribution in [2.45, 2.75) is 19.3 Å². The first-order valence-corrected chi connectivity index (χ1v) is 6.65. The van der Waals surface area contributed by atoms with Crippen molar-refractivity contribution in [3.8, 4) is 5.88 Å². The highest BCUT2D eigenvalue weighted by molar-refractivity contribution is 14.1. The fourth-order valence-corrected chi connectivity index (χ4v) is 2.00. The molecule has 0 aliphatic carbocycles. The van der Waals surface area contributed by atoms with Crippen LogP contribution in [0.4, 0.5) is 4.39 Å². The highest BCUT2D eigenvalue weighted by atomic mass is 127. The number of aromatic nitrogens is 2. The van der Waals surface area contributed by atoms with Gasteiger partial charge in [0.25, 0.3) is 5.56 Å². The zero-order valence-corrected chi connectivity index (χ0v) is 12.5. The van der Waals surface area contributed by atoms with Crippen LogP contribution in [-0.2, 0) is 5.41 Å². The molecule has 0 spiro atoms. The van der Waals surface area contributed by atoms with Gasteiger partial charge in [-0.25, -0.2) is 4.39 Å². The number of nitrogens with zero attached hydrogens (tertiary/aromatic N) is 1. The van der Waals surface area contributed by atoms with Crippen molar-refractivity contribution in [1.82, 2.24) is 9.97 Å². The summed E-state index contributed by atoms with van der Waals surface area (Å²) >= 11 is 1.73. The summed E-state index contributed by atoms with van der Waals surface area (Å²) in [7, 11) is 0. The molecular formula is C13H12FIN2O2. The summed E-state index contributed by atoms with van der Waals surface area (Å²) < 4.78 is 13.1. The van der Waals surface area contributed by atoms with Crippen LogP contribution in [0.5, 0.6) is 5.88 Å². The van der Waals surface area contributed by atoms with Gasteiger partial charge in [-0.05, 0) is 54.1 Å². The van der Waals surface area contributed by atoms with Crippen molar-refractivity contribution in [3.63, 3.8) is 0 Å². The molecule has 0 aliphatic heterocycles. The first kappa shape index (κ1) is 14.0. The summed E-state index contributed by atoms with van der Waals surface area (Å²) in [5.74, 6) is -0.289. The van der Waals surface area contributed by atoms with E-state index in [-0.39, 0.29) is 15.3 Å². The third-order valence-electron chi connectivity index (χ3n) is 3.00. The van der Waals surface area contributed by atoms with E-state index in [1.165, 1.54) is 12.1 Å². The van der Waals surface area contributed by atoms with Gasteiger partial charge in [0, 0.05) is 5.41 Å². The van der Waals surface area contributed by atoms with Crippen LogP contribution < -0.4 is 5.56 Å². The standard InChI is InChI=1S/C13H12FIN2O2/c1-13(2,7-3-5-8(14)6-4-7)12-16-10(18)9(15)11(19)17-12/h3-6H,1-2H3,(H2,16,17,18,19). The van der Waals surface area contributed by atoms with Gasteiger partial charge in [0.2, 0.25) is 5.88 Å². The highest BCUT2D eigenvalue weighted by Crippen LogP contribution is 2.29. The predicted octanol–water partition coefficient (Wildman–Crippen LogP) is 2.55. The fraction of sp³-hybridized carbons (Fsp3) is 0.231. The van der Waals surface area contributed by atoms with E-state index in [0.717, 1.165) is 5.56 Å². The molecule has 2 aromatic rings. The second kappa shape index (κ2) is 4.92. The van der Waals surface area contributed by atoms with Gasteiger partial charge < -0.3 is 10.1 Å². The van der Waals surface area contributed by atoms with Crippen molar-refractivity contribution >= 4 is 22.6 Å². The van der Waals surface area contributed by atoms with Gasteiger partial charge in [-0.1, -0.05) is 12.1 Å². The zero-order chi connectivity index (χ0) is 14.2. The number of nitrogens with one attached hydrogen (secondary N) is 1. The van der Waals surface area contributed by atoms with Crippen LogP contribution in [0.25, 0.3) is 0 Å². The van der Waals surface area contributed by atoms with Crippen LogP contribution >= 0.6 is 22.6 Å². The molecule has 19 heavy (non-hydrogen) atoms. The second-order valence-electron chi connectivity index (χ2n) is 4.68. The first-order valence-electron chi connectivity index (χ1n) is 5.57. The second-order valence-corrected chi connectivity index (χ2v) is 5.76. The predicted molar refractivity (Wildman–Crippen MR) is 77.8 cm³/mol. The molecule has 6 heteroatoms. The molecule has 0 unspecified atom stereocenters. The Morgan fingerprint density at radius 1 is 1.32 bits per heavy atom. The van der Waals surface area contributed by atoms with Crippen LogP contribution in [0.15, 0.2) is 29.1 Å². The smallest absolute Gasteiger partial charge is 0.268 e. The van der Waals surface area contributed by atoms with Crippen LogP contribution in [0.1, 0.15) is 25.2 Å². The van der Waals surface area contributed by atoms with Crippen molar-refractivity contribution in [2.24, 2.45) is 0 Å². The molecule has 2 N–H and O–H groups in total. The van der Waals surface area contributed by atoms with E-state index in [4.69, 9.17) is 0 Å². The summed E-state index contributed by atoms with van der Waals surface area (Å²) in [4.78, 5) is 18.3. The molecule has 4 nitrogen and oxygen atoms in total. The molecule has 0 aliphatic rings. The zero-order valence-electron chi connectivity index (χ0n) is 10.4. The monoisotopic (exact) mass is 374 g/mol. The lowest BCUT2D eigenvalue weighted by molar-refractivity contribution is 0.434. The molecule has 1 heterocycles. The maximum atomic E-state index is 12.9. The van der Waals surface area contributed by atoms with Crippen LogP contribution in [-0.4, -0.2) is 15.1 Å². The van der Waals surface area contributed by atoms with E-state index in [1.54, 1.807) is 34.7 Å². The first-order chi connectivity index (χ1) is 8.82. The highest BCUT2D eigenvalue weighted by Gasteiger charge is 2.27. The van der Waals surface area contributed by atoms with Gasteiger partial charge in [0.15, 0.2) is 0 Å². The Bertz CT molecular complexity index is 665. The maximum Gasteiger partial charge on any atom is 0.268 e. The van der Waals surface area contributed by atoms with Crippen LogP contribution in [0.3, 0.4) is 0 Å². The Labute approximate surface area is 122 Å². The number of aromatic hydroxyl groups is 1. The summed E-state index contributed by atoms with van der Waals surface area (Å²) in [6.45, 7) is 3.68. The topological polar surface area (TPSA) is 66.0 Å². The maximum absolute atomic E-state index is 12.9. The molecule has 2 rings (SSSR count). The number of rotatable bonds is 2. The van der Waals surface area contributed by atoms with E-state index < -0.39 is 11.0 Å².